The van der Waals surface area contributed by atoms with E-state index in [0.29, 0.717) is 111 Å². The highest BCUT2D eigenvalue weighted by atomic mass is 32.1. The van der Waals surface area contributed by atoms with E-state index in [4.69, 9.17) is 19.3 Å². The molecule has 0 bridgehead atoms. The second-order valence-corrected chi connectivity index (χ2v) is 24.0. The van der Waals surface area contributed by atoms with Gasteiger partial charge in [-0.15, -0.1) is 11.3 Å². The number of piperazine rings is 1. The first kappa shape index (κ1) is 55.9. The van der Waals surface area contributed by atoms with E-state index in [1.165, 1.54) is 16.2 Å². The lowest BCUT2D eigenvalue weighted by Gasteiger charge is -2.36. The Bertz CT molecular complexity index is 3560. The quantitative estimate of drug-likeness (QED) is 0.105. The Morgan fingerprint density at radius 2 is 1.69 bits per heavy atom. The third-order valence-corrected chi connectivity index (χ3v) is 18.4. The van der Waals surface area contributed by atoms with Gasteiger partial charge in [0.2, 0.25) is 23.6 Å². The Hall–Kier alpha value is -7.56. The van der Waals surface area contributed by atoms with Gasteiger partial charge in [0.05, 0.1) is 59.1 Å². The summed E-state index contributed by atoms with van der Waals surface area (Å²) in [5.74, 6) is 0.0555. The number of hydrogen-bond acceptors (Lipinski definition) is 14. The second-order valence-electron chi connectivity index (χ2n) is 23.1. The van der Waals surface area contributed by atoms with Gasteiger partial charge >= 0.3 is 0 Å². The van der Waals surface area contributed by atoms with Crippen molar-refractivity contribution >= 4 is 57.9 Å². The summed E-state index contributed by atoms with van der Waals surface area (Å²) in [6.45, 7) is 13.8. The molecule has 436 valence electrons. The van der Waals surface area contributed by atoms with Crippen molar-refractivity contribution in [2.45, 2.75) is 123 Å². The third kappa shape index (κ3) is 11.0. The molecule has 12 rings (SSSR count). The molecule has 0 spiro atoms. The Morgan fingerprint density at radius 1 is 0.904 bits per heavy atom. The van der Waals surface area contributed by atoms with Crippen molar-refractivity contribution < 1.29 is 42.3 Å². The van der Waals surface area contributed by atoms with Crippen molar-refractivity contribution in [2.75, 3.05) is 68.8 Å². The highest BCUT2D eigenvalue weighted by molar-refractivity contribution is 7.13. The summed E-state index contributed by atoms with van der Waals surface area (Å²) in [7, 11) is 0. The van der Waals surface area contributed by atoms with Crippen molar-refractivity contribution in [1.29, 1.82) is 0 Å². The topological polar surface area (TPSA) is 200 Å². The maximum Gasteiger partial charge on any atom is 0.264 e. The van der Waals surface area contributed by atoms with E-state index in [-0.39, 0.29) is 54.6 Å². The molecule has 4 atom stereocenters. The summed E-state index contributed by atoms with van der Waals surface area (Å²) in [5.41, 5.74) is 10.3. The van der Waals surface area contributed by atoms with E-state index in [0.717, 1.165) is 63.9 Å². The number of rotatable bonds is 14. The molecule has 7 aromatic rings. The largest absolute Gasteiger partial charge is 0.391 e. The van der Waals surface area contributed by atoms with Gasteiger partial charge in [-0.1, -0.05) is 43.3 Å². The van der Waals surface area contributed by atoms with Crippen LogP contribution in [-0.2, 0) is 43.3 Å². The van der Waals surface area contributed by atoms with E-state index >= 15 is 8.78 Å². The van der Waals surface area contributed by atoms with Crippen LogP contribution in [0.25, 0.3) is 27.2 Å². The molecule has 2 aromatic carbocycles. The Morgan fingerprint density at radius 3 is 2.39 bits per heavy atom. The maximum atomic E-state index is 15.4. The number of carbonyl (C=O) groups excluding carboxylic acids is 4. The zero-order valence-corrected chi connectivity index (χ0v) is 48.3. The molecule has 0 saturated carbocycles. The fourth-order valence-electron chi connectivity index (χ4n) is 13.0. The zero-order chi connectivity index (χ0) is 57.8. The first-order chi connectivity index (χ1) is 40.1. The van der Waals surface area contributed by atoms with Gasteiger partial charge in [0.25, 0.3) is 6.43 Å². The molecular weight excluding hydrogens is 1080 g/mol. The number of halogens is 2. The fraction of sp³-hybridized carbons (Fsp3) is 0.475. The number of anilines is 3. The van der Waals surface area contributed by atoms with Gasteiger partial charge in [-0.3, -0.25) is 28.3 Å². The lowest BCUT2D eigenvalue weighted by atomic mass is 9.91. The number of nitrogens with zero attached hydrogens (tertiary/aromatic N) is 11. The monoisotopic (exact) mass is 1150 g/mol. The van der Waals surface area contributed by atoms with Crippen molar-refractivity contribution in [3.05, 3.63) is 118 Å². The van der Waals surface area contributed by atoms with Gasteiger partial charge in [-0.2, -0.15) is 5.10 Å². The summed E-state index contributed by atoms with van der Waals surface area (Å²) in [5, 5.41) is 23.3. The maximum absolute atomic E-state index is 15.4. The number of carbonyl (C=O) groups is 4. The lowest BCUT2D eigenvalue weighted by molar-refractivity contribution is -0.141. The summed E-state index contributed by atoms with van der Waals surface area (Å²) in [6, 6.07) is 15.1. The number of aryl methyl sites for hydroxylation is 3. The summed E-state index contributed by atoms with van der Waals surface area (Å²) in [6.07, 6.45) is 3.80. The van der Waals surface area contributed by atoms with Crippen LogP contribution >= 0.6 is 11.3 Å². The highest BCUT2D eigenvalue weighted by Crippen LogP contribution is 2.44. The van der Waals surface area contributed by atoms with Gasteiger partial charge in [0, 0.05) is 114 Å². The molecule has 0 aliphatic carbocycles. The molecule has 4 amide bonds. The van der Waals surface area contributed by atoms with E-state index in [9.17, 15) is 24.3 Å². The minimum Gasteiger partial charge on any atom is -0.391 e. The van der Waals surface area contributed by atoms with Crippen LogP contribution in [-0.4, -0.2) is 144 Å². The smallest absolute Gasteiger partial charge is 0.264 e. The van der Waals surface area contributed by atoms with Crippen LogP contribution in [0.4, 0.5) is 26.1 Å². The number of ether oxygens (including phenoxy) is 1. The molecule has 3 saturated heterocycles. The number of benzene rings is 2. The number of pyridine rings is 1. The van der Waals surface area contributed by atoms with Crippen molar-refractivity contribution in [3.63, 3.8) is 0 Å². The number of fused-ring (bicyclic) bond motifs is 3. The lowest BCUT2D eigenvalue weighted by Crippen LogP contribution is -2.51. The number of thiazole rings is 1. The highest BCUT2D eigenvalue weighted by Gasteiger charge is 2.44. The van der Waals surface area contributed by atoms with Crippen LogP contribution in [0.15, 0.2) is 77.0 Å². The van der Waals surface area contributed by atoms with Gasteiger partial charge < -0.3 is 44.2 Å². The average Bonchev–Trinajstić information content (AvgIpc) is 4.40. The predicted octanol–water partition coefficient (Wildman–Crippen LogP) is 8.50. The van der Waals surface area contributed by atoms with E-state index in [1.54, 1.807) is 42.6 Å². The van der Waals surface area contributed by atoms with Crippen LogP contribution in [0.3, 0.4) is 0 Å². The molecule has 3 fully saturated rings. The molecule has 19 nitrogen and oxygen atoms in total. The van der Waals surface area contributed by atoms with Crippen LogP contribution in [0.5, 0.6) is 0 Å². The number of aliphatic hydroxyl groups is 1. The first-order valence-electron chi connectivity index (χ1n) is 29.0. The van der Waals surface area contributed by atoms with Gasteiger partial charge in [0.15, 0.2) is 5.82 Å². The molecule has 5 aliphatic heterocycles. The third-order valence-electron chi connectivity index (χ3n) is 17.4. The average molecular weight is 1150 g/mol. The van der Waals surface area contributed by atoms with E-state index in [1.807, 2.05) is 78.7 Å². The molecule has 0 radical (unpaired) electrons. The Labute approximate surface area is 484 Å². The van der Waals surface area contributed by atoms with E-state index in [2.05, 4.69) is 29.9 Å². The number of aliphatic hydroxyl groups excluding tert-OH is 1. The number of imidazole rings is 1. The standard InChI is InChI=1S/C61H70F2N12O7S/c1-35(2)56(52-25-36(3)68-82-52)61(80)74-32-44(77)28-51(74)60(79)66-48(39-8-10-40(11-9-39)57-37(4)65-34-83-57)30-55(78)70-21-19-69(20-22-70)54-31-64-53-27-41(12-18-73(53)54)45-26-42-7-6-16-72(50(42)29-46(45)58(62)63)59-47-33-71(38(5)76)17-13-49(47)75(67-59)43-14-23-81-24-15-43/h8-12,18,25-27,29,31,34-35,43-44,48,51,56,58,77H,6-7,13-17,19-24,28,30,32-33H2,1-5H3,(H,66,79)/t44-,48+,51+,56-/m1/s1. The predicted molar refractivity (Wildman–Crippen MR) is 309 cm³/mol. The zero-order valence-electron chi connectivity index (χ0n) is 47.5. The molecule has 22 heteroatoms. The van der Waals surface area contributed by atoms with Crippen LogP contribution in [0.1, 0.15) is 122 Å². The van der Waals surface area contributed by atoms with E-state index < -0.39 is 36.4 Å². The fourth-order valence-corrected chi connectivity index (χ4v) is 13.8. The molecule has 5 aromatic heterocycles. The Balaban J connectivity index is 0.755. The number of nitrogens with one attached hydrogen (secondary N) is 1. The minimum atomic E-state index is -2.77. The van der Waals surface area contributed by atoms with Gasteiger partial charge in [-0.25, -0.2) is 18.7 Å². The molecule has 0 unspecified atom stereocenters. The van der Waals surface area contributed by atoms with Gasteiger partial charge in [0.1, 0.15) is 29.2 Å². The number of β-amino-alcohol motifs (C(OH)–C–C–N with tert-alkyl or cyclic N) is 1. The minimum absolute atomic E-state index is 0.00423. The van der Waals surface area contributed by atoms with Crippen LogP contribution in [0.2, 0.25) is 0 Å². The summed E-state index contributed by atoms with van der Waals surface area (Å²) < 4.78 is 46.2. The summed E-state index contributed by atoms with van der Waals surface area (Å²) >= 11 is 1.53. The van der Waals surface area contributed by atoms with Gasteiger partial charge in [-0.05, 0) is 97.5 Å². The molecule has 5 aliphatic rings. The molecular formula is C61H70F2N12O7S. The summed E-state index contributed by atoms with van der Waals surface area (Å²) in [4.78, 5) is 75.4. The second kappa shape index (κ2) is 23.2. The first-order valence-corrected chi connectivity index (χ1v) is 29.8. The number of likely N-dealkylation sites (tertiary alicyclic amines) is 1. The molecule has 2 N–H and O–H groups in total. The number of amides is 4. The molecule has 10 heterocycles. The van der Waals surface area contributed by atoms with Crippen LogP contribution in [0, 0.1) is 19.8 Å². The van der Waals surface area contributed by atoms with Crippen LogP contribution < -0.4 is 15.1 Å². The van der Waals surface area contributed by atoms with Crippen molar-refractivity contribution in [1.82, 2.24) is 49.3 Å². The van der Waals surface area contributed by atoms with Crippen molar-refractivity contribution in [3.8, 4) is 21.6 Å². The number of alkyl halides is 2. The normalized spacial score (nSPS) is 19.4. The Kier molecular flexibility index (Phi) is 15.7. The molecule has 83 heavy (non-hydrogen) atoms. The van der Waals surface area contributed by atoms with Crippen molar-refractivity contribution in [2.24, 2.45) is 5.92 Å². The number of aromatic nitrogens is 6. The number of hydrogen-bond donors (Lipinski definition) is 2. The SMILES string of the molecule is CC(=O)N1CCc2c(c(N3CCCc4cc(-c5ccn6c(N7CCN(C(=O)C[C@H](NC(=O)[C@@H]8C[C@@H](O)CN8C(=O)[C@@H](c8cc(C)no8)C(C)C)c8ccc(-c9scnc9C)cc8)CC7)cnc6c5)c(C(F)F)cc43)nn2C2CCOCC2)C1.